The Morgan fingerprint density at radius 2 is 1.94 bits per heavy atom. The summed E-state index contributed by atoms with van der Waals surface area (Å²) in [6.07, 6.45) is 7.90. The largest absolute Gasteiger partial charge is 0.352 e. The van der Waals surface area contributed by atoms with Crippen LogP contribution in [0.1, 0.15) is 24.0 Å². The Morgan fingerprint density at radius 1 is 1.13 bits per heavy atom. The van der Waals surface area contributed by atoms with Crippen molar-refractivity contribution in [2.45, 2.75) is 25.8 Å². The minimum atomic E-state index is -0.383. The number of benzene rings is 1. The van der Waals surface area contributed by atoms with Crippen molar-refractivity contribution >= 4 is 17.2 Å². The van der Waals surface area contributed by atoms with Crippen LogP contribution in [0.2, 0.25) is 0 Å². The van der Waals surface area contributed by atoms with Gasteiger partial charge in [-0.15, -0.1) is 17.9 Å². The zero-order valence-corrected chi connectivity index (χ0v) is 18.6. The fraction of sp³-hybridized carbons (Fsp3) is 0.308. The molecule has 31 heavy (non-hydrogen) atoms. The number of piperidine rings is 1. The van der Waals surface area contributed by atoms with Gasteiger partial charge in [0.2, 0.25) is 5.91 Å². The van der Waals surface area contributed by atoms with Gasteiger partial charge in [0.1, 0.15) is 0 Å². The molecule has 0 atom stereocenters. The Morgan fingerprint density at radius 3 is 2.65 bits per heavy atom. The molecule has 3 heterocycles. The molecule has 0 bridgehead atoms. The second kappa shape index (κ2) is 10.0. The maximum absolute atomic E-state index is 13.3. The Kier molecular flexibility index (Phi) is 6.95. The molecule has 4 nitrogen and oxygen atoms in total. The highest BCUT2D eigenvalue weighted by molar-refractivity contribution is 7.13. The van der Waals surface area contributed by atoms with Crippen molar-refractivity contribution in [2.75, 3.05) is 19.6 Å². The van der Waals surface area contributed by atoms with Gasteiger partial charge in [-0.3, -0.25) is 14.7 Å². The molecule has 1 aliphatic heterocycles. The van der Waals surface area contributed by atoms with Gasteiger partial charge in [0.15, 0.2) is 0 Å². The number of hydrogen-bond acceptors (Lipinski definition) is 4. The summed E-state index contributed by atoms with van der Waals surface area (Å²) in [6.45, 7) is 6.99. The van der Waals surface area contributed by atoms with E-state index >= 15 is 0 Å². The Hall–Kier alpha value is -2.76. The molecule has 2 aromatic heterocycles. The molecule has 1 N–H and O–H groups in total. The zero-order chi connectivity index (χ0) is 21.5. The number of thiophene rings is 1. The van der Waals surface area contributed by atoms with E-state index in [4.69, 9.17) is 0 Å². The van der Waals surface area contributed by atoms with Crippen LogP contribution in [-0.4, -0.2) is 35.4 Å². The molecule has 0 aliphatic carbocycles. The van der Waals surface area contributed by atoms with E-state index in [2.05, 4.69) is 75.7 Å². The topological polar surface area (TPSA) is 45.2 Å². The van der Waals surface area contributed by atoms with Gasteiger partial charge in [-0.25, -0.2) is 0 Å². The van der Waals surface area contributed by atoms with Crippen molar-refractivity contribution in [3.8, 4) is 10.4 Å². The predicted molar refractivity (Wildman–Crippen MR) is 128 cm³/mol. The number of amides is 1. The van der Waals surface area contributed by atoms with E-state index in [9.17, 15) is 4.79 Å². The number of rotatable bonds is 8. The van der Waals surface area contributed by atoms with Gasteiger partial charge in [0.25, 0.3) is 0 Å². The third-order valence-electron chi connectivity index (χ3n) is 6.13. The highest BCUT2D eigenvalue weighted by Gasteiger charge is 2.41. The molecular formula is C26H29N3OS. The van der Waals surface area contributed by atoms with Crippen molar-refractivity contribution in [3.63, 3.8) is 0 Å². The number of carbonyl (C=O) groups is 1. The van der Waals surface area contributed by atoms with E-state index in [1.54, 1.807) is 17.4 Å². The van der Waals surface area contributed by atoms with E-state index in [1.165, 1.54) is 21.6 Å². The first kappa shape index (κ1) is 21.5. The molecule has 1 aliphatic rings. The average molecular weight is 432 g/mol. The van der Waals surface area contributed by atoms with Crippen LogP contribution >= 0.6 is 11.3 Å². The van der Waals surface area contributed by atoms with E-state index < -0.39 is 0 Å². The fourth-order valence-electron chi connectivity index (χ4n) is 4.39. The molecule has 0 unspecified atom stereocenters. The van der Waals surface area contributed by atoms with Gasteiger partial charge in [0.05, 0.1) is 5.41 Å². The SMILES string of the molecule is C=CCNC(=O)C1(Cc2cccc(-c3cccs3)c2)CCN(Cc2ccncc2)CC1. The summed E-state index contributed by atoms with van der Waals surface area (Å²) < 4.78 is 0. The number of pyridine rings is 1. The number of nitrogens with zero attached hydrogens (tertiary/aromatic N) is 2. The minimum absolute atomic E-state index is 0.150. The lowest BCUT2D eigenvalue weighted by molar-refractivity contribution is -0.133. The summed E-state index contributed by atoms with van der Waals surface area (Å²) in [4.78, 5) is 21.1. The molecule has 0 saturated carbocycles. The summed E-state index contributed by atoms with van der Waals surface area (Å²) in [6, 6.07) is 17.0. The quantitative estimate of drug-likeness (QED) is 0.514. The number of hydrogen-bond donors (Lipinski definition) is 1. The van der Waals surface area contributed by atoms with Crippen LogP contribution in [0.3, 0.4) is 0 Å². The molecule has 1 aromatic carbocycles. The van der Waals surface area contributed by atoms with Gasteiger partial charge in [-0.1, -0.05) is 36.4 Å². The van der Waals surface area contributed by atoms with Crippen LogP contribution < -0.4 is 5.32 Å². The molecule has 4 rings (SSSR count). The zero-order valence-electron chi connectivity index (χ0n) is 17.8. The van der Waals surface area contributed by atoms with Gasteiger partial charge >= 0.3 is 0 Å². The lowest BCUT2D eigenvalue weighted by Gasteiger charge is -2.41. The number of carbonyl (C=O) groups excluding carboxylic acids is 1. The minimum Gasteiger partial charge on any atom is -0.352 e. The van der Waals surface area contributed by atoms with E-state index in [0.29, 0.717) is 6.54 Å². The Balaban J connectivity index is 1.50. The average Bonchev–Trinajstić information content (AvgIpc) is 3.35. The normalized spacial score (nSPS) is 16.0. The summed E-state index contributed by atoms with van der Waals surface area (Å²) in [7, 11) is 0. The van der Waals surface area contributed by atoms with Gasteiger partial charge in [-0.05, 0) is 72.6 Å². The van der Waals surface area contributed by atoms with Crippen molar-refractivity contribution in [3.05, 3.63) is 90.1 Å². The van der Waals surface area contributed by atoms with Crippen molar-refractivity contribution < 1.29 is 4.79 Å². The van der Waals surface area contributed by atoms with E-state index in [-0.39, 0.29) is 11.3 Å². The second-order valence-electron chi connectivity index (χ2n) is 8.27. The number of aromatic nitrogens is 1. The predicted octanol–water partition coefficient (Wildman–Crippen LogP) is 4.94. The first-order valence-corrected chi connectivity index (χ1v) is 11.7. The molecule has 0 spiro atoms. The summed E-state index contributed by atoms with van der Waals surface area (Å²) in [5.41, 5.74) is 3.33. The smallest absolute Gasteiger partial charge is 0.226 e. The Labute approximate surface area is 188 Å². The second-order valence-corrected chi connectivity index (χ2v) is 9.21. The Bertz CT molecular complexity index is 993. The van der Waals surface area contributed by atoms with Crippen molar-refractivity contribution in [1.29, 1.82) is 0 Å². The maximum Gasteiger partial charge on any atom is 0.226 e. The monoisotopic (exact) mass is 431 g/mol. The highest BCUT2D eigenvalue weighted by Crippen LogP contribution is 2.37. The van der Waals surface area contributed by atoms with Gasteiger partial charge in [0, 0.05) is 30.4 Å². The maximum atomic E-state index is 13.3. The summed E-state index contributed by atoms with van der Waals surface area (Å²) >= 11 is 1.75. The van der Waals surface area contributed by atoms with E-state index in [1.807, 2.05) is 12.4 Å². The molecule has 160 valence electrons. The van der Waals surface area contributed by atoms with Crippen LogP contribution in [0, 0.1) is 5.41 Å². The molecule has 5 heteroatoms. The van der Waals surface area contributed by atoms with Crippen molar-refractivity contribution in [2.24, 2.45) is 5.41 Å². The summed E-state index contributed by atoms with van der Waals surface area (Å²) in [5.74, 6) is 0.150. The lowest BCUT2D eigenvalue weighted by atomic mass is 9.72. The molecule has 0 radical (unpaired) electrons. The highest BCUT2D eigenvalue weighted by atomic mass is 32.1. The standard InChI is InChI=1S/C26H29N3OS/c1-2-12-28-25(30)26(10-15-29(16-11-26)20-21-8-13-27-14-9-21)19-22-5-3-6-23(18-22)24-7-4-17-31-24/h2-9,13-14,17-18H,1,10-12,15-16,19-20H2,(H,28,30). The third-order valence-corrected chi connectivity index (χ3v) is 7.05. The molecule has 1 saturated heterocycles. The van der Waals surface area contributed by atoms with Crippen LogP contribution in [0.15, 0.2) is 79.0 Å². The first-order chi connectivity index (χ1) is 15.2. The third kappa shape index (κ3) is 5.30. The molecule has 1 amide bonds. The number of nitrogens with one attached hydrogen (secondary N) is 1. The van der Waals surface area contributed by atoms with E-state index in [0.717, 1.165) is 38.9 Å². The van der Waals surface area contributed by atoms with Crippen LogP contribution in [0.4, 0.5) is 0 Å². The van der Waals surface area contributed by atoms with Gasteiger partial charge < -0.3 is 5.32 Å². The van der Waals surface area contributed by atoms with Crippen LogP contribution in [-0.2, 0) is 17.8 Å². The van der Waals surface area contributed by atoms with Gasteiger partial charge in [-0.2, -0.15) is 0 Å². The molecular weight excluding hydrogens is 402 g/mol. The summed E-state index contributed by atoms with van der Waals surface area (Å²) in [5, 5.41) is 5.19. The van der Waals surface area contributed by atoms with Crippen LogP contribution in [0.25, 0.3) is 10.4 Å². The van der Waals surface area contributed by atoms with Crippen molar-refractivity contribution in [1.82, 2.24) is 15.2 Å². The van der Waals surface area contributed by atoms with Crippen LogP contribution in [0.5, 0.6) is 0 Å². The molecule has 1 fully saturated rings. The lowest BCUT2D eigenvalue weighted by Crippen LogP contribution is -2.50. The fourth-order valence-corrected chi connectivity index (χ4v) is 5.11. The first-order valence-electron chi connectivity index (χ1n) is 10.8. The molecule has 3 aromatic rings. The number of likely N-dealkylation sites (tertiary alicyclic amines) is 1.